The number of nitrogens with zero attached hydrogens (tertiary/aromatic N) is 2. The molecule has 0 atom stereocenters. The molecule has 0 spiro atoms. The van der Waals surface area contributed by atoms with Crippen LogP contribution < -0.4 is 10.1 Å². The molecule has 0 radical (unpaired) electrons. The fourth-order valence-electron chi connectivity index (χ4n) is 3.81. The van der Waals surface area contributed by atoms with Crippen LogP contribution in [0.1, 0.15) is 50.7 Å². The van der Waals surface area contributed by atoms with Crippen molar-refractivity contribution < 1.29 is 24.0 Å². The van der Waals surface area contributed by atoms with Crippen LogP contribution in [0, 0.1) is 10.1 Å². The molecule has 2 aliphatic heterocycles. The summed E-state index contributed by atoms with van der Waals surface area (Å²) in [6.07, 6.45) is 2.62. The highest BCUT2D eigenvalue weighted by molar-refractivity contribution is 6.07. The van der Waals surface area contributed by atoms with Crippen LogP contribution in [0.15, 0.2) is 12.1 Å². The second-order valence-electron chi connectivity index (χ2n) is 6.86. The lowest BCUT2D eigenvalue weighted by molar-refractivity contribution is -0.385. The van der Waals surface area contributed by atoms with Gasteiger partial charge in [0.25, 0.3) is 11.6 Å². The minimum absolute atomic E-state index is 0.0214. The van der Waals surface area contributed by atoms with Crippen molar-refractivity contribution in [2.75, 3.05) is 6.79 Å². The molecule has 9 heteroatoms. The van der Waals surface area contributed by atoms with Gasteiger partial charge in [-0.25, -0.2) is 4.79 Å². The third-order valence-electron chi connectivity index (χ3n) is 4.91. The fraction of sp³-hybridized carbons (Fsp3) is 0.556. The highest BCUT2D eigenvalue weighted by atomic mass is 16.7. The number of carbonyl (C=O) groups excluding carboxylic acids is 2. The van der Waals surface area contributed by atoms with Crippen molar-refractivity contribution in [2.45, 2.75) is 58.2 Å². The Morgan fingerprint density at radius 2 is 1.96 bits per heavy atom. The van der Waals surface area contributed by atoms with E-state index in [-0.39, 0.29) is 31.5 Å². The fourth-order valence-corrected chi connectivity index (χ4v) is 3.81. The SMILES string of the molecule is CCCC1(CCC)NC(=O)N(Cc2cc([N+](=O)[O-])cc3c2OCOC3)C1=O. The largest absolute Gasteiger partial charge is 0.467 e. The second kappa shape index (κ2) is 7.51. The molecule has 0 saturated carbocycles. The number of urea groups is 1. The van der Waals surface area contributed by atoms with Crippen LogP contribution in [0.4, 0.5) is 10.5 Å². The van der Waals surface area contributed by atoms with Gasteiger partial charge in [-0.05, 0) is 12.8 Å². The molecule has 2 heterocycles. The van der Waals surface area contributed by atoms with E-state index in [1.165, 1.54) is 12.1 Å². The zero-order chi connectivity index (χ0) is 19.6. The zero-order valence-corrected chi connectivity index (χ0v) is 15.4. The average molecular weight is 377 g/mol. The highest BCUT2D eigenvalue weighted by Crippen LogP contribution is 2.35. The van der Waals surface area contributed by atoms with E-state index in [1.54, 1.807) is 0 Å². The molecule has 0 aromatic heterocycles. The Morgan fingerprint density at radius 1 is 1.26 bits per heavy atom. The summed E-state index contributed by atoms with van der Waals surface area (Å²) in [5, 5.41) is 14.1. The number of nitro groups is 1. The summed E-state index contributed by atoms with van der Waals surface area (Å²) in [6, 6.07) is 2.27. The summed E-state index contributed by atoms with van der Waals surface area (Å²) >= 11 is 0. The molecule has 3 amide bonds. The molecule has 1 N–H and O–H groups in total. The molecule has 3 rings (SSSR count). The van der Waals surface area contributed by atoms with Crippen molar-refractivity contribution in [3.8, 4) is 5.75 Å². The molecule has 1 fully saturated rings. The number of nitro benzene ring substituents is 1. The van der Waals surface area contributed by atoms with Gasteiger partial charge in [0.05, 0.1) is 18.1 Å². The van der Waals surface area contributed by atoms with Gasteiger partial charge >= 0.3 is 6.03 Å². The maximum absolute atomic E-state index is 13.1. The Bertz CT molecular complexity index is 773. The lowest BCUT2D eigenvalue weighted by atomic mass is 9.88. The Labute approximate surface area is 156 Å². The predicted octanol–water partition coefficient (Wildman–Crippen LogP) is 2.85. The van der Waals surface area contributed by atoms with Gasteiger partial charge in [0, 0.05) is 23.3 Å². The maximum Gasteiger partial charge on any atom is 0.325 e. The van der Waals surface area contributed by atoms with Crippen LogP contribution >= 0.6 is 0 Å². The first-order valence-corrected chi connectivity index (χ1v) is 9.06. The summed E-state index contributed by atoms with van der Waals surface area (Å²) < 4.78 is 10.7. The smallest absolute Gasteiger partial charge is 0.325 e. The number of hydrogen-bond acceptors (Lipinski definition) is 6. The molecule has 27 heavy (non-hydrogen) atoms. The molecular weight excluding hydrogens is 354 g/mol. The predicted molar refractivity (Wildman–Crippen MR) is 95.0 cm³/mol. The molecular formula is C18H23N3O6. The zero-order valence-electron chi connectivity index (χ0n) is 15.4. The van der Waals surface area contributed by atoms with Gasteiger partial charge < -0.3 is 14.8 Å². The molecule has 1 aromatic rings. The highest BCUT2D eigenvalue weighted by Gasteiger charge is 2.49. The van der Waals surface area contributed by atoms with Crippen molar-refractivity contribution in [1.29, 1.82) is 0 Å². The maximum atomic E-state index is 13.1. The van der Waals surface area contributed by atoms with Crippen molar-refractivity contribution in [3.63, 3.8) is 0 Å². The number of ether oxygens (including phenoxy) is 2. The van der Waals surface area contributed by atoms with E-state index in [1.807, 2.05) is 13.8 Å². The molecule has 0 aliphatic carbocycles. The lowest BCUT2D eigenvalue weighted by Gasteiger charge is -2.26. The standard InChI is InChI=1S/C18H23N3O6/c1-3-5-18(6-4-2)16(22)20(17(23)19-18)9-12-7-14(21(24)25)8-13-10-26-11-27-15(12)13/h7-8H,3-6,9-11H2,1-2H3,(H,19,23). The van der Waals surface area contributed by atoms with Crippen LogP contribution in [-0.2, 0) is 22.7 Å². The van der Waals surface area contributed by atoms with Gasteiger partial charge in [-0.3, -0.25) is 19.8 Å². The van der Waals surface area contributed by atoms with Crippen molar-refractivity contribution in [1.82, 2.24) is 10.2 Å². The monoisotopic (exact) mass is 377 g/mol. The first-order valence-electron chi connectivity index (χ1n) is 9.06. The quantitative estimate of drug-likeness (QED) is 0.444. The minimum atomic E-state index is -0.897. The Morgan fingerprint density at radius 3 is 2.59 bits per heavy atom. The van der Waals surface area contributed by atoms with Crippen LogP contribution in [0.2, 0.25) is 0 Å². The van der Waals surface area contributed by atoms with Gasteiger partial charge in [-0.2, -0.15) is 0 Å². The summed E-state index contributed by atoms with van der Waals surface area (Å²) in [7, 11) is 0. The third kappa shape index (κ3) is 3.46. The van der Waals surface area contributed by atoms with E-state index in [9.17, 15) is 19.7 Å². The van der Waals surface area contributed by atoms with Crippen molar-refractivity contribution in [3.05, 3.63) is 33.4 Å². The molecule has 9 nitrogen and oxygen atoms in total. The van der Waals surface area contributed by atoms with Crippen LogP contribution in [0.5, 0.6) is 5.75 Å². The summed E-state index contributed by atoms with van der Waals surface area (Å²) in [5.41, 5.74) is -0.0651. The van der Waals surface area contributed by atoms with E-state index in [2.05, 4.69) is 5.32 Å². The Balaban J connectivity index is 1.95. The number of fused-ring (bicyclic) bond motifs is 1. The Kier molecular flexibility index (Phi) is 5.31. The topological polar surface area (TPSA) is 111 Å². The normalized spacial score (nSPS) is 18.1. The lowest BCUT2D eigenvalue weighted by Crippen LogP contribution is -2.46. The minimum Gasteiger partial charge on any atom is -0.467 e. The van der Waals surface area contributed by atoms with Gasteiger partial charge in [0.2, 0.25) is 0 Å². The van der Waals surface area contributed by atoms with E-state index in [0.717, 1.165) is 17.7 Å². The molecule has 1 saturated heterocycles. The van der Waals surface area contributed by atoms with Gasteiger partial charge in [0.1, 0.15) is 11.3 Å². The van der Waals surface area contributed by atoms with E-state index < -0.39 is 16.5 Å². The first-order chi connectivity index (χ1) is 12.9. The number of nitrogens with one attached hydrogen (secondary N) is 1. The molecule has 1 aromatic carbocycles. The van der Waals surface area contributed by atoms with Crippen LogP contribution in [0.25, 0.3) is 0 Å². The molecule has 0 bridgehead atoms. The molecule has 0 unspecified atom stereocenters. The molecule has 2 aliphatic rings. The summed E-state index contributed by atoms with van der Waals surface area (Å²) in [6.45, 7) is 4.05. The number of imide groups is 1. The van der Waals surface area contributed by atoms with E-state index >= 15 is 0 Å². The molecule has 146 valence electrons. The van der Waals surface area contributed by atoms with Gasteiger partial charge in [0.15, 0.2) is 6.79 Å². The number of amides is 3. The third-order valence-corrected chi connectivity index (χ3v) is 4.91. The Hall–Kier alpha value is -2.68. The number of rotatable bonds is 7. The van der Waals surface area contributed by atoms with Crippen LogP contribution in [-0.4, -0.2) is 34.1 Å². The summed E-state index contributed by atoms with van der Waals surface area (Å²) in [4.78, 5) is 37.4. The van der Waals surface area contributed by atoms with Crippen molar-refractivity contribution in [2.24, 2.45) is 0 Å². The summed E-state index contributed by atoms with van der Waals surface area (Å²) in [5.74, 6) is 0.152. The first kappa shape index (κ1) is 19.1. The number of non-ortho nitro benzene ring substituents is 1. The van der Waals surface area contributed by atoms with Gasteiger partial charge in [-0.1, -0.05) is 26.7 Å². The number of carbonyl (C=O) groups is 2. The van der Waals surface area contributed by atoms with Crippen molar-refractivity contribution >= 4 is 17.6 Å². The second-order valence-corrected chi connectivity index (χ2v) is 6.86. The average Bonchev–Trinajstić information content (AvgIpc) is 2.86. The van der Waals surface area contributed by atoms with E-state index in [4.69, 9.17) is 9.47 Å². The van der Waals surface area contributed by atoms with Gasteiger partial charge in [-0.15, -0.1) is 0 Å². The van der Waals surface area contributed by atoms with Crippen LogP contribution in [0.3, 0.4) is 0 Å². The van der Waals surface area contributed by atoms with E-state index in [0.29, 0.717) is 29.7 Å². The number of hydrogen-bond donors (Lipinski definition) is 1. The number of benzene rings is 1.